The van der Waals surface area contributed by atoms with E-state index < -0.39 is 5.92 Å². The van der Waals surface area contributed by atoms with Gasteiger partial charge in [0.25, 0.3) is 0 Å². The lowest BCUT2D eigenvalue weighted by molar-refractivity contribution is -0.138. The van der Waals surface area contributed by atoms with E-state index in [2.05, 4.69) is 10.2 Å². The van der Waals surface area contributed by atoms with Crippen LogP contribution in [0.3, 0.4) is 0 Å². The van der Waals surface area contributed by atoms with Gasteiger partial charge >= 0.3 is 0 Å². The fraction of sp³-hybridized carbons (Fsp3) is 0.476. The van der Waals surface area contributed by atoms with Crippen molar-refractivity contribution in [2.75, 3.05) is 38.1 Å². The number of Topliss-reactive ketones (excluding diaryl/α,β-unsaturated/α-hetero) is 1. The van der Waals surface area contributed by atoms with Gasteiger partial charge in [0.1, 0.15) is 5.78 Å². The van der Waals surface area contributed by atoms with Crippen LogP contribution in [0.5, 0.6) is 0 Å². The van der Waals surface area contributed by atoms with Crippen LogP contribution >= 0.6 is 23.2 Å². The number of benzene rings is 1. The van der Waals surface area contributed by atoms with Crippen molar-refractivity contribution in [3.8, 4) is 0 Å². The molecule has 2 N–H and O–H groups in total. The number of nitrogens with zero attached hydrogens (tertiary/aromatic N) is 2. The van der Waals surface area contributed by atoms with Gasteiger partial charge in [-0.2, -0.15) is 0 Å². The quantitative estimate of drug-likeness (QED) is 0.605. The van der Waals surface area contributed by atoms with Gasteiger partial charge in [-0.1, -0.05) is 23.2 Å². The van der Waals surface area contributed by atoms with Gasteiger partial charge in [0, 0.05) is 66.8 Å². The average molecular weight is 439 g/mol. The maximum Gasteiger partial charge on any atom is 0.226 e. The van der Waals surface area contributed by atoms with E-state index in [4.69, 9.17) is 28.6 Å². The number of amides is 1. The molecular weight excluding hydrogens is 411 g/mol. The molecular formula is C21H28Cl2N4O2. The summed E-state index contributed by atoms with van der Waals surface area (Å²) in [7, 11) is 1.76. The Labute approximate surface area is 182 Å². The van der Waals surface area contributed by atoms with Crippen LogP contribution < -0.4 is 10.2 Å². The number of rotatable bonds is 8. The first-order chi connectivity index (χ1) is 13.7. The SMILES string of the molecule is CN/C(=C\C(C)=N)CC(CC(C)=O)C(=O)N1CCN(c2cc(Cl)cc(Cl)c2)CC1. The van der Waals surface area contributed by atoms with E-state index in [0.717, 1.165) is 11.4 Å². The van der Waals surface area contributed by atoms with E-state index >= 15 is 0 Å². The van der Waals surface area contributed by atoms with Crippen LogP contribution in [-0.2, 0) is 9.59 Å². The van der Waals surface area contributed by atoms with Crippen molar-refractivity contribution in [3.63, 3.8) is 0 Å². The van der Waals surface area contributed by atoms with Gasteiger partial charge in [-0.05, 0) is 44.5 Å². The zero-order valence-electron chi connectivity index (χ0n) is 17.1. The van der Waals surface area contributed by atoms with Gasteiger partial charge in [0.15, 0.2) is 0 Å². The van der Waals surface area contributed by atoms with Crippen molar-refractivity contribution in [2.24, 2.45) is 5.92 Å². The summed E-state index contributed by atoms with van der Waals surface area (Å²) in [5.74, 6) is -0.469. The lowest BCUT2D eigenvalue weighted by atomic mass is 9.94. The zero-order chi connectivity index (χ0) is 21.6. The van der Waals surface area contributed by atoms with Crippen molar-refractivity contribution in [2.45, 2.75) is 26.7 Å². The van der Waals surface area contributed by atoms with Crippen LogP contribution in [0.25, 0.3) is 0 Å². The van der Waals surface area contributed by atoms with E-state index in [-0.39, 0.29) is 18.1 Å². The summed E-state index contributed by atoms with van der Waals surface area (Å²) in [6, 6.07) is 5.43. The molecule has 1 aliphatic heterocycles. The van der Waals surface area contributed by atoms with Crippen LogP contribution in [0.2, 0.25) is 10.0 Å². The second kappa shape index (κ2) is 10.6. The van der Waals surface area contributed by atoms with Crippen LogP contribution in [0.15, 0.2) is 30.0 Å². The molecule has 1 atom stereocenters. The Balaban J connectivity index is 2.06. The number of anilines is 1. The number of allylic oxidation sites excluding steroid dienone is 2. The van der Waals surface area contributed by atoms with E-state index in [0.29, 0.717) is 48.4 Å². The van der Waals surface area contributed by atoms with Crippen molar-refractivity contribution in [3.05, 3.63) is 40.0 Å². The van der Waals surface area contributed by atoms with E-state index in [1.54, 1.807) is 26.1 Å². The van der Waals surface area contributed by atoms with Gasteiger partial charge in [0.05, 0.1) is 5.92 Å². The number of nitrogens with one attached hydrogen (secondary N) is 2. The molecule has 1 aromatic rings. The minimum Gasteiger partial charge on any atom is -0.391 e. The Hall–Kier alpha value is -2.05. The molecule has 29 heavy (non-hydrogen) atoms. The van der Waals surface area contributed by atoms with Crippen molar-refractivity contribution < 1.29 is 9.59 Å². The lowest BCUT2D eigenvalue weighted by Crippen LogP contribution is -2.50. The molecule has 2 rings (SSSR count). The van der Waals surface area contributed by atoms with E-state index in [9.17, 15) is 9.59 Å². The molecule has 0 aromatic heterocycles. The van der Waals surface area contributed by atoms with Gasteiger partial charge in [-0.25, -0.2) is 0 Å². The summed E-state index contributed by atoms with van der Waals surface area (Å²) in [5.41, 5.74) is 2.12. The monoisotopic (exact) mass is 438 g/mol. The molecule has 158 valence electrons. The molecule has 0 aliphatic carbocycles. The molecule has 1 amide bonds. The standard InChI is InChI=1S/C21H28Cl2N4O2/c1-14(24)8-19(25-3)10-16(9-15(2)28)21(29)27-6-4-26(5-7-27)20-12-17(22)11-18(23)13-20/h8,11-13,16,24-25H,4-7,9-10H2,1-3H3/b19-8-,24-14?. The highest BCUT2D eigenvalue weighted by Gasteiger charge is 2.29. The molecule has 1 aromatic carbocycles. The van der Waals surface area contributed by atoms with Crippen LogP contribution in [0, 0.1) is 11.3 Å². The second-order valence-electron chi connectivity index (χ2n) is 7.35. The smallest absolute Gasteiger partial charge is 0.226 e. The van der Waals surface area contributed by atoms with Crippen molar-refractivity contribution in [1.29, 1.82) is 5.41 Å². The molecule has 0 spiro atoms. The molecule has 0 bridgehead atoms. The fourth-order valence-corrected chi connectivity index (χ4v) is 4.03. The van der Waals surface area contributed by atoms with E-state index in [1.807, 2.05) is 17.0 Å². The first-order valence-corrected chi connectivity index (χ1v) is 10.4. The van der Waals surface area contributed by atoms with Gasteiger partial charge < -0.3 is 25.3 Å². The Kier molecular flexibility index (Phi) is 8.53. The summed E-state index contributed by atoms with van der Waals surface area (Å²) in [6.07, 6.45) is 2.30. The third-order valence-electron chi connectivity index (χ3n) is 4.87. The summed E-state index contributed by atoms with van der Waals surface area (Å²) in [5, 5.41) is 11.9. The number of hydrogen-bond acceptors (Lipinski definition) is 5. The Bertz CT molecular complexity index is 782. The maximum atomic E-state index is 13.1. The largest absolute Gasteiger partial charge is 0.391 e. The number of hydrogen-bond donors (Lipinski definition) is 2. The minimum absolute atomic E-state index is 0.0161. The Morgan fingerprint density at radius 2 is 1.69 bits per heavy atom. The molecule has 1 aliphatic rings. The maximum absolute atomic E-state index is 13.1. The number of ketones is 1. The molecule has 8 heteroatoms. The van der Waals surface area contributed by atoms with Crippen LogP contribution in [0.4, 0.5) is 5.69 Å². The predicted molar refractivity (Wildman–Crippen MR) is 119 cm³/mol. The highest BCUT2D eigenvalue weighted by molar-refractivity contribution is 6.35. The van der Waals surface area contributed by atoms with Crippen molar-refractivity contribution >= 4 is 46.3 Å². The van der Waals surface area contributed by atoms with Gasteiger partial charge in [-0.3, -0.25) is 4.79 Å². The highest BCUT2D eigenvalue weighted by atomic mass is 35.5. The molecule has 0 saturated carbocycles. The molecule has 1 fully saturated rings. The molecule has 1 saturated heterocycles. The Morgan fingerprint density at radius 3 is 2.17 bits per heavy atom. The van der Waals surface area contributed by atoms with Gasteiger partial charge in [-0.15, -0.1) is 0 Å². The fourth-order valence-electron chi connectivity index (χ4n) is 3.52. The van der Waals surface area contributed by atoms with Crippen molar-refractivity contribution in [1.82, 2.24) is 10.2 Å². The molecule has 1 heterocycles. The number of piperazine rings is 1. The zero-order valence-corrected chi connectivity index (χ0v) is 18.6. The highest BCUT2D eigenvalue weighted by Crippen LogP contribution is 2.27. The summed E-state index contributed by atoms with van der Waals surface area (Å²) >= 11 is 12.2. The van der Waals surface area contributed by atoms with E-state index in [1.165, 1.54) is 6.92 Å². The normalized spacial score (nSPS) is 15.8. The van der Waals surface area contributed by atoms with Gasteiger partial charge in [0.2, 0.25) is 5.91 Å². The average Bonchev–Trinajstić information content (AvgIpc) is 2.65. The number of carbonyl (C=O) groups excluding carboxylic acids is 2. The first-order valence-electron chi connectivity index (χ1n) is 9.62. The first kappa shape index (κ1) is 23.2. The van der Waals surface area contributed by atoms with Crippen LogP contribution in [-0.4, -0.2) is 55.5 Å². The molecule has 0 radical (unpaired) electrons. The third-order valence-corrected chi connectivity index (χ3v) is 5.30. The summed E-state index contributed by atoms with van der Waals surface area (Å²) in [6.45, 7) is 5.67. The van der Waals surface area contributed by atoms with Crippen LogP contribution in [0.1, 0.15) is 26.7 Å². The predicted octanol–water partition coefficient (Wildman–Crippen LogP) is 3.77. The minimum atomic E-state index is -0.433. The summed E-state index contributed by atoms with van der Waals surface area (Å²) in [4.78, 5) is 28.8. The lowest BCUT2D eigenvalue weighted by Gasteiger charge is -2.37. The third kappa shape index (κ3) is 7.05. The summed E-state index contributed by atoms with van der Waals surface area (Å²) < 4.78 is 0. The molecule has 6 nitrogen and oxygen atoms in total. The topological polar surface area (TPSA) is 76.5 Å². The molecule has 1 unspecified atom stereocenters. The number of halogens is 2. The Morgan fingerprint density at radius 1 is 1.10 bits per heavy atom. The second-order valence-corrected chi connectivity index (χ2v) is 8.22. The number of carbonyl (C=O) groups is 2.